The number of carbonyl (C=O) groups is 1. The summed E-state index contributed by atoms with van der Waals surface area (Å²) in [5.41, 5.74) is 0. The van der Waals surface area contributed by atoms with Crippen LogP contribution in [0, 0.1) is 5.92 Å². The summed E-state index contributed by atoms with van der Waals surface area (Å²) >= 11 is 0. The summed E-state index contributed by atoms with van der Waals surface area (Å²) in [7, 11) is 0. The molecule has 0 radical (unpaired) electrons. The van der Waals surface area contributed by atoms with E-state index in [0.29, 0.717) is 6.54 Å². The lowest BCUT2D eigenvalue weighted by Crippen LogP contribution is -2.47. The van der Waals surface area contributed by atoms with Crippen LogP contribution in [0.4, 0.5) is 0 Å². The van der Waals surface area contributed by atoms with Crippen LogP contribution in [0.2, 0.25) is 0 Å². The van der Waals surface area contributed by atoms with E-state index in [2.05, 4.69) is 12.7 Å². The van der Waals surface area contributed by atoms with E-state index in [1.165, 1.54) is 19.3 Å². The maximum absolute atomic E-state index is 12.6. The van der Waals surface area contributed by atoms with Gasteiger partial charge in [0.05, 0.1) is 13.1 Å². The molecule has 1 fully saturated rings. The Hall–Kier alpha value is -1.51. The van der Waals surface area contributed by atoms with Crippen LogP contribution in [0.5, 0.6) is 0 Å². The van der Waals surface area contributed by atoms with Crippen LogP contribution in [0.15, 0.2) is 37.1 Å². The van der Waals surface area contributed by atoms with E-state index < -0.39 is 0 Å². The van der Waals surface area contributed by atoms with E-state index in [0.717, 1.165) is 19.4 Å². The molecule has 2 aliphatic rings. The van der Waals surface area contributed by atoms with E-state index in [-0.39, 0.29) is 11.8 Å². The number of hydrogen-bond acceptors (Lipinski definition) is 2. The van der Waals surface area contributed by atoms with E-state index in [9.17, 15) is 4.79 Å². The number of hydrogen-bond donors (Lipinski definition) is 0. The minimum absolute atomic E-state index is 0.206. The average molecular weight is 246 g/mol. The fraction of sp³-hybridized carbons (Fsp3) is 0.533. The quantitative estimate of drug-likeness (QED) is 0.712. The maximum atomic E-state index is 12.6. The Kier molecular flexibility index (Phi) is 4.62. The topological polar surface area (TPSA) is 23.6 Å². The summed E-state index contributed by atoms with van der Waals surface area (Å²) < 4.78 is 0. The zero-order chi connectivity index (χ0) is 12.8. The minimum Gasteiger partial charge on any atom is -0.286 e. The fourth-order valence-corrected chi connectivity index (χ4v) is 2.64. The lowest BCUT2D eigenvalue weighted by molar-refractivity contribution is -0.148. The second kappa shape index (κ2) is 6.43. The molecule has 0 aromatic heterocycles. The Bertz CT molecular complexity index is 354. The zero-order valence-corrected chi connectivity index (χ0v) is 10.9. The first-order chi connectivity index (χ1) is 8.83. The second-order valence-corrected chi connectivity index (χ2v) is 4.94. The van der Waals surface area contributed by atoms with Crippen molar-refractivity contribution in [1.82, 2.24) is 10.0 Å². The van der Waals surface area contributed by atoms with Gasteiger partial charge in [-0.3, -0.25) is 14.8 Å². The van der Waals surface area contributed by atoms with Crippen molar-refractivity contribution in [3.63, 3.8) is 0 Å². The van der Waals surface area contributed by atoms with E-state index >= 15 is 0 Å². The first kappa shape index (κ1) is 12.9. The van der Waals surface area contributed by atoms with Crippen LogP contribution in [-0.2, 0) is 4.79 Å². The molecule has 1 aliphatic carbocycles. The minimum atomic E-state index is 0.206. The molecule has 0 aromatic rings. The lowest BCUT2D eigenvalue weighted by atomic mass is 9.88. The van der Waals surface area contributed by atoms with Crippen LogP contribution in [-0.4, -0.2) is 29.0 Å². The first-order valence-corrected chi connectivity index (χ1v) is 6.85. The van der Waals surface area contributed by atoms with Crippen molar-refractivity contribution in [2.45, 2.75) is 32.1 Å². The predicted octanol–water partition coefficient (Wildman–Crippen LogP) is 2.88. The highest BCUT2D eigenvalue weighted by atomic mass is 16.2. The third-order valence-corrected chi connectivity index (χ3v) is 3.62. The molecule has 3 heteroatoms. The van der Waals surface area contributed by atoms with E-state index in [1.807, 2.05) is 28.4 Å². The Morgan fingerprint density at radius 2 is 2.11 bits per heavy atom. The number of rotatable bonds is 4. The summed E-state index contributed by atoms with van der Waals surface area (Å²) in [6, 6.07) is 0. The molecule has 1 amide bonds. The van der Waals surface area contributed by atoms with Gasteiger partial charge in [-0.1, -0.05) is 37.5 Å². The molecule has 0 unspecified atom stereocenters. The number of allylic oxidation sites excluding steroid dienone is 2. The van der Waals surface area contributed by atoms with Crippen LogP contribution in [0.25, 0.3) is 0 Å². The molecule has 0 spiro atoms. The number of nitrogens with zero attached hydrogens (tertiary/aromatic N) is 2. The molecule has 1 heterocycles. The third kappa shape index (κ3) is 3.03. The van der Waals surface area contributed by atoms with E-state index in [1.54, 1.807) is 6.08 Å². The molecule has 1 aliphatic heterocycles. The highest BCUT2D eigenvalue weighted by molar-refractivity contribution is 5.78. The third-order valence-electron chi connectivity index (χ3n) is 3.62. The standard InChI is InChI=1S/C15H22N2O/c1-2-11-17(16-12-7-4-8-13-16)15(18)14-9-5-3-6-10-14/h2,4,7-8,12,14H,1,3,5-6,9-11,13H2. The molecular weight excluding hydrogens is 224 g/mol. The summed E-state index contributed by atoms with van der Waals surface area (Å²) in [4.78, 5) is 12.6. The van der Waals surface area contributed by atoms with Crippen molar-refractivity contribution in [3.8, 4) is 0 Å². The van der Waals surface area contributed by atoms with Crippen molar-refractivity contribution < 1.29 is 4.79 Å². The van der Waals surface area contributed by atoms with Gasteiger partial charge in [-0.05, 0) is 18.9 Å². The van der Waals surface area contributed by atoms with Gasteiger partial charge in [0.15, 0.2) is 0 Å². The predicted molar refractivity (Wildman–Crippen MR) is 73.5 cm³/mol. The molecule has 0 saturated heterocycles. The van der Waals surface area contributed by atoms with Crippen LogP contribution in [0.3, 0.4) is 0 Å². The van der Waals surface area contributed by atoms with Crippen molar-refractivity contribution in [2.24, 2.45) is 5.92 Å². The van der Waals surface area contributed by atoms with Crippen molar-refractivity contribution in [1.29, 1.82) is 0 Å². The van der Waals surface area contributed by atoms with Gasteiger partial charge in [-0.25, -0.2) is 0 Å². The normalized spacial score (nSPS) is 19.9. The molecule has 0 aromatic carbocycles. The fourth-order valence-electron chi connectivity index (χ4n) is 2.64. The number of carbonyl (C=O) groups excluding carboxylic acids is 1. The van der Waals surface area contributed by atoms with Crippen molar-refractivity contribution in [2.75, 3.05) is 13.1 Å². The van der Waals surface area contributed by atoms with Crippen molar-refractivity contribution >= 4 is 5.91 Å². The average Bonchev–Trinajstić information content (AvgIpc) is 2.46. The summed E-state index contributed by atoms with van der Waals surface area (Å²) in [6.07, 6.45) is 15.5. The van der Waals surface area contributed by atoms with Gasteiger partial charge in [0.25, 0.3) is 0 Å². The van der Waals surface area contributed by atoms with Gasteiger partial charge in [-0.15, -0.1) is 6.58 Å². The van der Waals surface area contributed by atoms with Gasteiger partial charge >= 0.3 is 0 Å². The zero-order valence-electron chi connectivity index (χ0n) is 10.9. The van der Waals surface area contributed by atoms with Gasteiger partial charge in [0, 0.05) is 12.1 Å². The maximum Gasteiger partial charge on any atom is 0.244 e. The highest BCUT2D eigenvalue weighted by Gasteiger charge is 2.27. The first-order valence-electron chi connectivity index (χ1n) is 6.85. The lowest BCUT2D eigenvalue weighted by Gasteiger charge is -2.36. The Labute approximate surface area is 109 Å². The highest BCUT2D eigenvalue weighted by Crippen LogP contribution is 2.26. The summed E-state index contributed by atoms with van der Waals surface area (Å²) in [5.74, 6) is 0.465. The SMILES string of the molecule is C=CCN(C(=O)C1CCCCC1)N1C=CC=CC1. The van der Waals surface area contributed by atoms with Gasteiger partial charge < -0.3 is 0 Å². The number of hydrazine groups is 1. The monoisotopic (exact) mass is 246 g/mol. The Morgan fingerprint density at radius 1 is 1.33 bits per heavy atom. The largest absolute Gasteiger partial charge is 0.286 e. The van der Waals surface area contributed by atoms with Crippen LogP contribution < -0.4 is 0 Å². The van der Waals surface area contributed by atoms with Gasteiger partial charge in [0.2, 0.25) is 5.91 Å². The van der Waals surface area contributed by atoms with Crippen molar-refractivity contribution in [3.05, 3.63) is 37.1 Å². The number of amides is 1. The molecule has 18 heavy (non-hydrogen) atoms. The van der Waals surface area contributed by atoms with Crippen LogP contribution in [0.1, 0.15) is 32.1 Å². The molecule has 3 nitrogen and oxygen atoms in total. The molecule has 1 saturated carbocycles. The molecule has 0 N–H and O–H groups in total. The molecule has 98 valence electrons. The van der Waals surface area contributed by atoms with Crippen LogP contribution >= 0.6 is 0 Å². The summed E-state index contributed by atoms with van der Waals surface area (Å²) in [6.45, 7) is 5.12. The molecule has 0 atom stereocenters. The Morgan fingerprint density at radius 3 is 2.72 bits per heavy atom. The second-order valence-electron chi connectivity index (χ2n) is 4.94. The smallest absolute Gasteiger partial charge is 0.244 e. The Balaban J connectivity index is 2.03. The van der Waals surface area contributed by atoms with Gasteiger partial charge in [0.1, 0.15) is 0 Å². The van der Waals surface area contributed by atoms with E-state index in [4.69, 9.17) is 0 Å². The molecule has 0 bridgehead atoms. The molecular formula is C15H22N2O. The summed E-state index contributed by atoms with van der Waals surface area (Å²) in [5, 5.41) is 3.82. The van der Waals surface area contributed by atoms with Gasteiger partial charge in [-0.2, -0.15) is 0 Å². The molecule has 2 rings (SSSR count).